The summed E-state index contributed by atoms with van der Waals surface area (Å²) in [5.41, 5.74) is 2.87. The molecule has 1 aromatic carbocycles. The molecule has 2 aromatic rings. The molecule has 156 valence electrons. The fourth-order valence-electron chi connectivity index (χ4n) is 3.46. The number of thiazole rings is 1. The van der Waals surface area contributed by atoms with Crippen molar-refractivity contribution >= 4 is 34.1 Å². The molecule has 0 radical (unpaired) electrons. The van der Waals surface area contributed by atoms with Crippen LogP contribution in [0.3, 0.4) is 0 Å². The predicted octanol–water partition coefficient (Wildman–Crippen LogP) is 5.29. The van der Waals surface area contributed by atoms with Gasteiger partial charge in [0.2, 0.25) is 5.91 Å². The molecule has 29 heavy (non-hydrogen) atoms. The highest BCUT2D eigenvalue weighted by Crippen LogP contribution is 2.20. The third-order valence-corrected chi connectivity index (χ3v) is 5.99. The number of benzene rings is 1. The number of nitrogens with one attached hydrogen (secondary N) is 3. The Morgan fingerprint density at radius 3 is 2.52 bits per heavy atom. The van der Waals surface area contributed by atoms with Gasteiger partial charge in [-0.1, -0.05) is 45.2 Å². The Morgan fingerprint density at radius 2 is 1.83 bits per heavy atom. The summed E-state index contributed by atoms with van der Waals surface area (Å²) in [4.78, 5) is 28.7. The van der Waals surface area contributed by atoms with Crippen LogP contribution in [0.4, 0.5) is 15.6 Å². The van der Waals surface area contributed by atoms with Crippen LogP contribution in [-0.4, -0.2) is 23.0 Å². The van der Waals surface area contributed by atoms with E-state index in [1.807, 2.05) is 29.6 Å². The normalized spacial score (nSPS) is 14.6. The molecule has 1 aliphatic carbocycles. The maximum Gasteiger partial charge on any atom is 0.321 e. The Labute approximate surface area is 176 Å². The number of carbonyl (C=O) groups excluding carboxylic acids is 2. The number of amides is 3. The Hall–Kier alpha value is -2.41. The third-order valence-electron chi connectivity index (χ3n) is 5.18. The van der Waals surface area contributed by atoms with E-state index in [9.17, 15) is 9.59 Å². The number of aryl methyl sites for hydroxylation is 1. The van der Waals surface area contributed by atoms with Gasteiger partial charge in [0, 0.05) is 23.5 Å². The highest BCUT2D eigenvalue weighted by Gasteiger charge is 2.16. The standard InChI is InChI=1S/C22H30N4O2S/c1-15(2)16-8-10-18(11-9-16)23-20(27)13-12-19-14-29-22(25-19)26-21(28)24-17-6-4-3-5-7-17/h8-11,14-15,17H,3-7,12-13H2,1-2H3,(H,23,27)(H2,24,25,26,28). The van der Waals surface area contributed by atoms with Gasteiger partial charge in [-0.3, -0.25) is 10.1 Å². The van der Waals surface area contributed by atoms with E-state index >= 15 is 0 Å². The molecule has 6 nitrogen and oxygen atoms in total. The highest BCUT2D eigenvalue weighted by molar-refractivity contribution is 7.13. The molecule has 0 aliphatic heterocycles. The summed E-state index contributed by atoms with van der Waals surface area (Å²) in [6, 6.07) is 8.02. The van der Waals surface area contributed by atoms with Crippen LogP contribution in [0.2, 0.25) is 0 Å². The zero-order valence-electron chi connectivity index (χ0n) is 17.2. The first-order valence-corrected chi connectivity index (χ1v) is 11.3. The maximum atomic E-state index is 12.2. The molecule has 1 aliphatic rings. The van der Waals surface area contributed by atoms with Gasteiger partial charge >= 0.3 is 6.03 Å². The zero-order chi connectivity index (χ0) is 20.6. The summed E-state index contributed by atoms with van der Waals surface area (Å²) < 4.78 is 0. The van der Waals surface area contributed by atoms with Gasteiger partial charge in [-0.05, 0) is 42.9 Å². The summed E-state index contributed by atoms with van der Waals surface area (Å²) in [7, 11) is 0. The van der Waals surface area contributed by atoms with E-state index in [-0.39, 0.29) is 18.0 Å². The molecule has 1 fully saturated rings. The first kappa shape index (κ1) is 21.3. The molecular weight excluding hydrogens is 384 g/mol. The molecule has 0 atom stereocenters. The lowest BCUT2D eigenvalue weighted by Crippen LogP contribution is -2.38. The molecule has 0 unspecified atom stereocenters. The van der Waals surface area contributed by atoms with Crippen molar-refractivity contribution in [3.63, 3.8) is 0 Å². The van der Waals surface area contributed by atoms with Crippen molar-refractivity contribution in [2.75, 3.05) is 10.6 Å². The van der Waals surface area contributed by atoms with Crippen molar-refractivity contribution in [1.29, 1.82) is 0 Å². The quantitative estimate of drug-likeness (QED) is 0.575. The summed E-state index contributed by atoms with van der Waals surface area (Å²) >= 11 is 1.39. The van der Waals surface area contributed by atoms with Gasteiger partial charge in [0.25, 0.3) is 0 Å². The first-order valence-electron chi connectivity index (χ1n) is 10.4. The van der Waals surface area contributed by atoms with Crippen LogP contribution in [-0.2, 0) is 11.2 Å². The number of anilines is 2. The van der Waals surface area contributed by atoms with Crippen molar-refractivity contribution in [1.82, 2.24) is 10.3 Å². The minimum atomic E-state index is -0.194. The summed E-state index contributed by atoms with van der Waals surface area (Å²) in [5, 5.41) is 11.2. The largest absolute Gasteiger partial charge is 0.335 e. The number of hydrogen-bond donors (Lipinski definition) is 3. The smallest absolute Gasteiger partial charge is 0.321 e. The van der Waals surface area contributed by atoms with Gasteiger partial charge in [0.1, 0.15) is 0 Å². The molecule has 3 N–H and O–H groups in total. The van der Waals surface area contributed by atoms with E-state index in [1.165, 1.54) is 36.2 Å². The van der Waals surface area contributed by atoms with Gasteiger partial charge in [0.05, 0.1) is 5.69 Å². The third kappa shape index (κ3) is 6.85. The minimum absolute atomic E-state index is 0.0418. The van der Waals surface area contributed by atoms with Crippen LogP contribution < -0.4 is 16.0 Å². The predicted molar refractivity (Wildman–Crippen MR) is 119 cm³/mol. The number of nitrogens with zero attached hydrogens (tertiary/aromatic N) is 1. The highest BCUT2D eigenvalue weighted by atomic mass is 32.1. The second kappa shape index (κ2) is 10.4. The summed E-state index contributed by atoms with van der Waals surface area (Å²) in [5.74, 6) is 0.428. The van der Waals surface area contributed by atoms with Gasteiger partial charge in [-0.15, -0.1) is 11.3 Å². The van der Waals surface area contributed by atoms with E-state index in [0.717, 1.165) is 24.2 Å². The minimum Gasteiger partial charge on any atom is -0.335 e. The van der Waals surface area contributed by atoms with Crippen molar-refractivity contribution in [3.05, 3.63) is 40.9 Å². The van der Waals surface area contributed by atoms with Crippen molar-refractivity contribution in [3.8, 4) is 0 Å². The maximum absolute atomic E-state index is 12.2. The molecule has 1 heterocycles. The number of urea groups is 1. The molecule has 3 rings (SSSR count). The average Bonchev–Trinajstić information content (AvgIpc) is 3.14. The lowest BCUT2D eigenvalue weighted by Gasteiger charge is -2.22. The summed E-state index contributed by atoms with van der Waals surface area (Å²) in [6.07, 6.45) is 6.60. The molecule has 0 spiro atoms. The number of rotatable bonds is 7. The van der Waals surface area contributed by atoms with Gasteiger partial charge in [-0.25, -0.2) is 9.78 Å². The monoisotopic (exact) mass is 414 g/mol. The first-order chi connectivity index (χ1) is 14.0. The van der Waals surface area contributed by atoms with Crippen molar-refractivity contribution in [2.24, 2.45) is 0 Å². The van der Waals surface area contributed by atoms with Crippen LogP contribution in [0.5, 0.6) is 0 Å². The lowest BCUT2D eigenvalue weighted by atomic mass is 9.96. The molecular formula is C22H30N4O2S. The second-order valence-corrected chi connectivity index (χ2v) is 8.76. The molecule has 0 saturated heterocycles. The van der Waals surface area contributed by atoms with E-state index in [4.69, 9.17) is 0 Å². The molecule has 1 aromatic heterocycles. The van der Waals surface area contributed by atoms with Crippen molar-refractivity contribution in [2.45, 2.75) is 70.8 Å². The fraction of sp³-hybridized carbons (Fsp3) is 0.500. The molecule has 1 saturated carbocycles. The Morgan fingerprint density at radius 1 is 1.10 bits per heavy atom. The average molecular weight is 415 g/mol. The van der Waals surface area contributed by atoms with Gasteiger partial charge < -0.3 is 10.6 Å². The van der Waals surface area contributed by atoms with Gasteiger partial charge in [0.15, 0.2) is 5.13 Å². The van der Waals surface area contributed by atoms with Crippen LogP contribution in [0.1, 0.15) is 69.5 Å². The summed E-state index contributed by atoms with van der Waals surface area (Å²) in [6.45, 7) is 4.29. The van der Waals surface area contributed by atoms with E-state index in [2.05, 4.69) is 34.8 Å². The Bertz CT molecular complexity index is 810. The molecule has 0 bridgehead atoms. The van der Waals surface area contributed by atoms with Crippen LogP contribution in [0.15, 0.2) is 29.6 Å². The van der Waals surface area contributed by atoms with Gasteiger partial charge in [-0.2, -0.15) is 0 Å². The topological polar surface area (TPSA) is 83.1 Å². The lowest BCUT2D eigenvalue weighted by molar-refractivity contribution is -0.116. The SMILES string of the molecule is CC(C)c1ccc(NC(=O)CCc2csc(NC(=O)NC3CCCCC3)n2)cc1. The number of carbonyl (C=O) groups is 2. The molecule has 3 amide bonds. The fourth-order valence-corrected chi connectivity index (χ4v) is 4.20. The molecule has 7 heteroatoms. The van der Waals surface area contributed by atoms with Crippen molar-refractivity contribution < 1.29 is 9.59 Å². The van der Waals surface area contributed by atoms with Crippen LogP contribution in [0.25, 0.3) is 0 Å². The Kier molecular flexibility index (Phi) is 7.63. The second-order valence-electron chi connectivity index (χ2n) is 7.90. The van der Waals surface area contributed by atoms with Crippen LogP contribution >= 0.6 is 11.3 Å². The van der Waals surface area contributed by atoms with E-state index in [0.29, 0.717) is 23.9 Å². The Balaban J connectivity index is 1.41. The zero-order valence-corrected chi connectivity index (χ0v) is 18.0. The van der Waals surface area contributed by atoms with Crippen LogP contribution in [0, 0.1) is 0 Å². The number of aromatic nitrogens is 1. The van der Waals surface area contributed by atoms with E-state index < -0.39 is 0 Å². The number of hydrogen-bond acceptors (Lipinski definition) is 4. The van der Waals surface area contributed by atoms with E-state index in [1.54, 1.807) is 0 Å².